The zero-order valence-electron chi connectivity index (χ0n) is 10.9. The molecular weight excluding hydrogens is 246 g/mol. The lowest BCUT2D eigenvalue weighted by Gasteiger charge is -2.21. The Kier molecular flexibility index (Phi) is 4.04. The van der Waals surface area contributed by atoms with Gasteiger partial charge in [0.25, 0.3) is 0 Å². The van der Waals surface area contributed by atoms with Gasteiger partial charge in [0.05, 0.1) is 11.7 Å². The molecule has 0 amide bonds. The summed E-state index contributed by atoms with van der Waals surface area (Å²) in [6, 6.07) is 8.19. The quantitative estimate of drug-likeness (QED) is 0.919. The van der Waals surface area contributed by atoms with E-state index in [1.807, 2.05) is 36.1 Å². The van der Waals surface area contributed by atoms with Crippen molar-refractivity contribution >= 4 is 11.6 Å². The molecule has 3 nitrogen and oxygen atoms in total. The van der Waals surface area contributed by atoms with E-state index in [0.717, 1.165) is 22.8 Å². The molecule has 0 fully saturated rings. The lowest BCUT2D eigenvalue weighted by atomic mass is 9.98. The van der Waals surface area contributed by atoms with E-state index >= 15 is 0 Å². The van der Waals surface area contributed by atoms with E-state index in [1.165, 1.54) is 5.56 Å². The van der Waals surface area contributed by atoms with E-state index in [2.05, 4.69) is 30.3 Å². The van der Waals surface area contributed by atoms with Gasteiger partial charge in [-0.05, 0) is 36.7 Å². The summed E-state index contributed by atoms with van der Waals surface area (Å²) in [5, 5.41) is 8.54. The Morgan fingerprint density at radius 3 is 2.78 bits per heavy atom. The molecule has 2 rings (SSSR count). The molecule has 0 radical (unpaired) electrons. The number of halogens is 1. The van der Waals surface area contributed by atoms with Crippen molar-refractivity contribution in [1.82, 2.24) is 15.1 Å². The third kappa shape index (κ3) is 2.42. The first-order chi connectivity index (χ1) is 8.65. The molecule has 0 saturated carbocycles. The van der Waals surface area contributed by atoms with E-state index in [1.54, 1.807) is 0 Å². The van der Waals surface area contributed by atoms with Gasteiger partial charge < -0.3 is 5.32 Å². The van der Waals surface area contributed by atoms with E-state index < -0.39 is 0 Å². The summed E-state index contributed by atoms with van der Waals surface area (Å²) in [5.41, 5.74) is 3.46. The van der Waals surface area contributed by atoms with E-state index in [4.69, 9.17) is 11.6 Å². The highest BCUT2D eigenvalue weighted by Crippen LogP contribution is 2.28. The number of hydrogen-bond donors (Lipinski definition) is 1. The smallest absolute Gasteiger partial charge is 0.0751 e. The third-order valence-electron chi connectivity index (χ3n) is 3.18. The first kappa shape index (κ1) is 13.1. The summed E-state index contributed by atoms with van der Waals surface area (Å²) in [4.78, 5) is 0. The highest BCUT2D eigenvalue weighted by Gasteiger charge is 2.18. The van der Waals surface area contributed by atoms with Crippen LogP contribution in [0.4, 0.5) is 0 Å². The fraction of sp³-hybridized carbons (Fsp3) is 0.357. The van der Waals surface area contributed by atoms with Crippen molar-refractivity contribution in [2.75, 3.05) is 6.54 Å². The second-order valence-electron chi connectivity index (χ2n) is 4.32. The van der Waals surface area contributed by atoms with Crippen molar-refractivity contribution in [3.05, 3.63) is 52.3 Å². The van der Waals surface area contributed by atoms with Gasteiger partial charge >= 0.3 is 0 Å². The van der Waals surface area contributed by atoms with Crippen LogP contribution in [-0.4, -0.2) is 16.3 Å². The Bertz CT molecular complexity index is 534. The maximum Gasteiger partial charge on any atom is 0.0751 e. The molecule has 0 aliphatic heterocycles. The van der Waals surface area contributed by atoms with Gasteiger partial charge in [-0.25, -0.2) is 0 Å². The topological polar surface area (TPSA) is 29.9 Å². The van der Waals surface area contributed by atoms with Crippen LogP contribution >= 0.6 is 11.6 Å². The van der Waals surface area contributed by atoms with Crippen molar-refractivity contribution in [2.45, 2.75) is 19.9 Å². The molecule has 0 saturated heterocycles. The summed E-state index contributed by atoms with van der Waals surface area (Å²) in [5.74, 6) is 0. The van der Waals surface area contributed by atoms with Gasteiger partial charge in [0.15, 0.2) is 0 Å². The molecule has 0 aliphatic carbocycles. The second-order valence-corrected chi connectivity index (χ2v) is 4.73. The molecule has 0 bridgehead atoms. The second kappa shape index (κ2) is 5.55. The number of nitrogens with zero attached hydrogens (tertiary/aromatic N) is 2. The van der Waals surface area contributed by atoms with Gasteiger partial charge in [0, 0.05) is 18.3 Å². The zero-order chi connectivity index (χ0) is 13.1. The van der Waals surface area contributed by atoms with Crippen LogP contribution in [0.25, 0.3) is 0 Å². The van der Waals surface area contributed by atoms with Crippen molar-refractivity contribution in [2.24, 2.45) is 7.05 Å². The van der Waals surface area contributed by atoms with Crippen LogP contribution in [0.3, 0.4) is 0 Å². The van der Waals surface area contributed by atoms with Crippen LogP contribution < -0.4 is 5.32 Å². The molecular formula is C14H18ClN3. The number of hydrogen-bond acceptors (Lipinski definition) is 2. The highest BCUT2D eigenvalue weighted by atomic mass is 35.5. The lowest BCUT2D eigenvalue weighted by Crippen LogP contribution is -2.25. The van der Waals surface area contributed by atoms with Crippen molar-refractivity contribution < 1.29 is 0 Å². The van der Waals surface area contributed by atoms with Crippen LogP contribution in [0.5, 0.6) is 0 Å². The molecule has 1 unspecified atom stereocenters. The van der Waals surface area contributed by atoms with E-state index in [9.17, 15) is 0 Å². The Morgan fingerprint density at radius 2 is 2.17 bits per heavy atom. The first-order valence-corrected chi connectivity index (χ1v) is 6.49. The fourth-order valence-corrected chi connectivity index (χ4v) is 2.36. The maximum absolute atomic E-state index is 6.21. The highest BCUT2D eigenvalue weighted by molar-refractivity contribution is 6.31. The summed E-state index contributed by atoms with van der Waals surface area (Å²) in [6.07, 6.45) is 1.82. The minimum absolute atomic E-state index is 0.126. The summed E-state index contributed by atoms with van der Waals surface area (Å²) < 4.78 is 1.90. The van der Waals surface area contributed by atoms with Gasteiger partial charge in [-0.15, -0.1) is 0 Å². The van der Waals surface area contributed by atoms with Gasteiger partial charge in [0.2, 0.25) is 0 Å². The van der Waals surface area contributed by atoms with E-state index in [-0.39, 0.29) is 6.04 Å². The molecule has 18 heavy (non-hydrogen) atoms. The molecule has 1 heterocycles. The largest absolute Gasteiger partial charge is 0.305 e. The van der Waals surface area contributed by atoms with Crippen LogP contribution in [0, 0.1) is 6.92 Å². The molecule has 0 aliphatic rings. The lowest BCUT2D eigenvalue weighted by molar-refractivity contribution is 0.570. The zero-order valence-corrected chi connectivity index (χ0v) is 11.7. The van der Waals surface area contributed by atoms with Crippen LogP contribution in [0.1, 0.15) is 29.8 Å². The standard InChI is InChI=1S/C14H18ClN3/c1-4-16-14(13-8-9-17-18(13)3)11-6-5-7-12(15)10(11)2/h5-9,14,16H,4H2,1-3H3. The number of nitrogens with one attached hydrogen (secondary N) is 1. The van der Waals surface area contributed by atoms with Gasteiger partial charge in [-0.2, -0.15) is 5.10 Å². The minimum Gasteiger partial charge on any atom is -0.305 e. The molecule has 2 aromatic rings. The molecule has 1 aromatic carbocycles. The van der Waals surface area contributed by atoms with Crippen molar-refractivity contribution in [3.63, 3.8) is 0 Å². The molecule has 1 aromatic heterocycles. The Labute approximate surface area is 113 Å². The monoisotopic (exact) mass is 263 g/mol. The molecule has 1 N–H and O–H groups in total. The SMILES string of the molecule is CCNC(c1cccc(Cl)c1C)c1ccnn1C. The molecule has 96 valence electrons. The van der Waals surface area contributed by atoms with Crippen LogP contribution in [-0.2, 0) is 7.05 Å². The third-order valence-corrected chi connectivity index (χ3v) is 3.59. The van der Waals surface area contributed by atoms with Crippen molar-refractivity contribution in [3.8, 4) is 0 Å². The number of aromatic nitrogens is 2. The normalized spacial score (nSPS) is 12.7. The van der Waals surface area contributed by atoms with Gasteiger partial charge in [-0.1, -0.05) is 30.7 Å². The first-order valence-electron chi connectivity index (χ1n) is 6.11. The molecule has 0 spiro atoms. The van der Waals surface area contributed by atoms with Crippen molar-refractivity contribution in [1.29, 1.82) is 0 Å². The fourth-order valence-electron chi connectivity index (χ4n) is 2.18. The number of rotatable bonds is 4. The number of aryl methyl sites for hydroxylation is 1. The minimum atomic E-state index is 0.126. The average molecular weight is 264 g/mol. The summed E-state index contributed by atoms with van der Waals surface area (Å²) >= 11 is 6.21. The Hall–Kier alpha value is -1.32. The summed E-state index contributed by atoms with van der Waals surface area (Å²) in [6.45, 7) is 5.05. The maximum atomic E-state index is 6.21. The average Bonchev–Trinajstić information content (AvgIpc) is 2.76. The van der Waals surface area contributed by atoms with Gasteiger partial charge in [0.1, 0.15) is 0 Å². The molecule has 1 atom stereocenters. The van der Waals surface area contributed by atoms with Crippen LogP contribution in [0.2, 0.25) is 5.02 Å². The Balaban J connectivity index is 2.48. The van der Waals surface area contributed by atoms with E-state index in [0.29, 0.717) is 0 Å². The van der Waals surface area contributed by atoms with Crippen LogP contribution in [0.15, 0.2) is 30.5 Å². The number of benzene rings is 1. The Morgan fingerprint density at radius 1 is 1.39 bits per heavy atom. The predicted molar refractivity (Wildman–Crippen MR) is 74.9 cm³/mol. The predicted octanol–water partition coefficient (Wildman–Crippen LogP) is 3.08. The molecule has 4 heteroatoms. The van der Waals surface area contributed by atoms with Gasteiger partial charge in [-0.3, -0.25) is 4.68 Å². The summed E-state index contributed by atoms with van der Waals surface area (Å²) in [7, 11) is 1.96.